The van der Waals surface area contributed by atoms with Crippen LogP contribution < -0.4 is 10.9 Å². The van der Waals surface area contributed by atoms with Gasteiger partial charge >= 0.3 is 6.09 Å². The molecule has 1 unspecified atom stereocenters. The van der Waals surface area contributed by atoms with E-state index in [0.717, 1.165) is 25.7 Å². The molecule has 0 heterocycles. The molecule has 1 atom stereocenters. The molecule has 4 heteroatoms. The van der Waals surface area contributed by atoms with Gasteiger partial charge in [0.05, 0.1) is 0 Å². The van der Waals surface area contributed by atoms with Crippen molar-refractivity contribution in [1.82, 2.24) is 10.9 Å². The summed E-state index contributed by atoms with van der Waals surface area (Å²) < 4.78 is 0. The molecule has 0 aromatic heterocycles. The second-order valence-electron chi connectivity index (χ2n) is 2.82. The van der Waals surface area contributed by atoms with Crippen LogP contribution in [-0.4, -0.2) is 17.2 Å². The molecule has 0 aliphatic heterocycles. The van der Waals surface area contributed by atoms with Gasteiger partial charge in [-0.3, -0.25) is 5.43 Å². The molecule has 0 aromatic carbocycles. The first-order valence-corrected chi connectivity index (χ1v) is 4.45. The fourth-order valence-electron chi connectivity index (χ4n) is 0.993. The summed E-state index contributed by atoms with van der Waals surface area (Å²) in [6.07, 6.45) is 3.22. The van der Waals surface area contributed by atoms with Gasteiger partial charge in [0.1, 0.15) is 0 Å². The fraction of sp³-hybridized carbons (Fsp3) is 0.875. The molecule has 0 bridgehead atoms. The first-order valence-electron chi connectivity index (χ1n) is 4.45. The SMILES string of the molecule is CCCCC(CC)NNC(=O)O. The quantitative estimate of drug-likeness (QED) is 0.537. The Hall–Kier alpha value is -0.770. The van der Waals surface area contributed by atoms with Crippen LogP contribution in [-0.2, 0) is 0 Å². The van der Waals surface area contributed by atoms with Crippen molar-refractivity contribution >= 4 is 6.09 Å². The molecule has 1 amide bonds. The Kier molecular flexibility index (Phi) is 6.47. The van der Waals surface area contributed by atoms with Crippen molar-refractivity contribution in [3.8, 4) is 0 Å². The average molecular weight is 174 g/mol. The number of carboxylic acid groups (broad SMARTS) is 1. The molecule has 4 nitrogen and oxygen atoms in total. The van der Waals surface area contributed by atoms with Gasteiger partial charge in [-0.15, -0.1) is 0 Å². The summed E-state index contributed by atoms with van der Waals surface area (Å²) in [5, 5.41) is 8.31. The number of rotatable bonds is 6. The van der Waals surface area contributed by atoms with Crippen LogP contribution in [0.1, 0.15) is 39.5 Å². The van der Waals surface area contributed by atoms with Crippen LogP contribution >= 0.6 is 0 Å². The van der Waals surface area contributed by atoms with Crippen molar-refractivity contribution in [2.75, 3.05) is 0 Å². The van der Waals surface area contributed by atoms with Crippen LogP contribution in [0.5, 0.6) is 0 Å². The average Bonchev–Trinajstić information content (AvgIpc) is 2.05. The molecular weight excluding hydrogens is 156 g/mol. The summed E-state index contributed by atoms with van der Waals surface area (Å²) in [6, 6.07) is 0.265. The maximum Gasteiger partial charge on any atom is 0.419 e. The second-order valence-corrected chi connectivity index (χ2v) is 2.82. The number of hydrogen-bond donors (Lipinski definition) is 3. The van der Waals surface area contributed by atoms with Crippen LogP contribution in [0.2, 0.25) is 0 Å². The first-order chi connectivity index (χ1) is 5.70. The Labute approximate surface area is 73.3 Å². The van der Waals surface area contributed by atoms with E-state index in [9.17, 15) is 4.79 Å². The van der Waals surface area contributed by atoms with Crippen LogP contribution in [0.25, 0.3) is 0 Å². The standard InChI is InChI=1S/C8H18N2O2/c1-3-5-6-7(4-2)9-10-8(11)12/h7,9-10H,3-6H2,1-2H3,(H,11,12). The van der Waals surface area contributed by atoms with E-state index in [4.69, 9.17) is 5.11 Å². The zero-order valence-electron chi connectivity index (χ0n) is 7.76. The van der Waals surface area contributed by atoms with Crippen LogP contribution in [0.15, 0.2) is 0 Å². The third kappa shape index (κ3) is 5.97. The lowest BCUT2D eigenvalue weighted by atomic mass is 10.1. The highest BCUT2D eigenvalue weighted by Crippen LogP contribution is 2.02. The topological polar surface area (TPSA) is 61.4 Å². The van der Waals surface area contributed by atoms with Gasteiger partial charge in [-0.1, -0.05) is 26.7 Å². The van der Waals surface area contributed by atoms with E-state index < -0.39 is 6.09 Å². The van der Waals surface area contributed by atoms with Crippen molar-refractivity contribution < 1.29 is 9.90 Å². The minimum atomic E-state index is -1.02. The third-order valence-electron chi connectivity index (χ3n) is 1.78. The number of hydrogen-bond acceptors (Lipinski definition) is 2. The van der Waals surface area contributed by atoms with Crippen molar-refractivity contribution in [1.29, 1.82) is 0 Å². The van der Waals surface area contributed by atoms with Gasteiger partial charge in [0.2, 0.25) is 0 Å². The van der Waals surface area contributed by atoms with Gasteiger partial charge in [0.25, 0.3) is 0 Å². The highest BCUT2D eigenvalue weighted by molar-refractivity contribution is 5.63. The van der Waals surface area contributed by atoms with Crippen LogP contribution in [0.4, 0.5) is 4.79 Å². The van der Waals surface area contributed by atoms with E-state index in [1.165, 1.54) is 0 Å². The monoisotopic (exact) mass is 174 g/mol. The molecule has 0 aromatic rings. The Morgan fingerprint density at radius 1 is 1.50 bits per heavy atom. The molecule has 0 rings (SSSR count). The van der Waals surface area contributed by atoms with E-state index in [-0.39, 0.29) is 6.04 Å². The van der Waals surface area contributed by atoms with Crippen molar-refractivity contribution in [2.24, 2.45) is 0 Å². The van der Waals surface area contributed by atoms with E-state index >= 15 is 0 Å². The minimum Gasteiger partial charge on any atom is -0.464 e. The molecule has 0 fully saturated rings. The Balaban J connectivity index is 3.45. The summed E-state index contributed by atoms with van der Waals surface area (Å²) in [5.74, 6) is 0. The van der Waals surface area contributed by atoms with Gasteiger partial charge in [-0.25, -0.2) is 10.2 Å². The van der Waals surface area contributed by atoms with Gasteiger partial charge in [-0.05, 0) is 12.8 Å². The molecule has 0 saturated heterocycles. The van der Waals surface area contributed by atoms with Crippen molar-refractivity contribution in [3.63, 3.8) is 0 Å². The van der Waals surface area contributed by atoms with Gasteiger partial charge in [-0.2, -0.15) is 0 Å². The molecule has 0 radical (unpaired) electrons. The smallest absolute Gasteiger partial charge is 0.419 e. The van der Waals surface area contributed by atoms with E-state index in [0.29, 0.717) is 0 Å². The van der Waals surface area contributed by atoms with E-state index in [1.807, 2.05) is 6.92 Å². The molecule has 0 saturated carbocycles. The van der Waals surface area contributed by atoms with Crippen LogP contribution in [0, 0.1) is 0 Å². The molecule has 0 spiro atoms. The summed E-state index contributed by atoms with van der Waals surface area (Å²) in [4.78, 5) is 10.1. The predicted molar refractivity (Wildman–Crippen MR) is 47.9 cm³/mol. The van der Waals surface area contributed by atoms with E-state index in [1.54, 1.807) is 0 Å². The highest BCUT2D eigenvalue weighted by Gasteiger charge is 2.04. The first kappa shape index (κ1) is 11.2. The van der Waals surface area contributed by atoms with E-state index in [2.05, 4.69) is 17.8 Å². The zero-order chi connectivity index (χ0) is 9.40. The van der Waals surface area contributed by atoms with Crippen molar-refractivity contribution in [2.45, 2.75) is 45.6 Å². The van der Waals surface area contributed by atoms with Gasteiger partial charge in [0.15, 0.2) is 0 Å². The fourth-order valence-corrected chi connectivity index (χ4v) is 0.993. The summed E-state index contributed by atoms with van der Waals surface area (Å²) in [6.45, 7) is 4.16. The molecule has 3 N–H and O–H groups in total. The third-order valence-corrected chi connectivity index (χ3v) is 1.78. The number of nitrogens with one attached hydrogen (secondary N) is 2. The maximum atomic E-state index is 10.1. The van der Waals surface area contributed by atoms with Gasteiger partial charge in [0, 0.05) is 6.04 Å². The molecule has 0 aliphatic rings. The minimum absolute atomic E-state index is 0.265. The summed E-state index contributed by atoms with van der Waals surface area (Å²) >= 11 is 0. The normalized spacial score (nSPS) is 12.5. The van der Waals surface area contributed by atoms with Crippen molar-refractivity contribution in [3.05, 3.63) is 0 Å². The predicted octanol–water partition coefficient (Wildman–Crippen LogP) is 1.73. The molecule has 72 valence electrons. The number of carbonyl (C=O) groups is 1. The second kappa shape index (κ2) is 6.91. The summed E-state index contributed by atoms with van der Waals surface area (Å²) in [7, 11) is 0. The van der Waals surface area contributed by atoms with Gasteiger partial charge < -0.3 is 5.11 Å². The van der Waals surface area contributed by atoms with Crippen LogP contribution in [0.3, 0.4) is 0 Å². The molecular formula is C8H18N2O2. The lowest BCUT2D eigenvalue weighted by Gasteiger charge is -2.15. The summed E-state index contributed by atoms with van der Waals surface area (Å²) in [5.41, 5.74) is 4.93. The Morgan fingerprint density at radius 3 is 2.58 bits per heavy atom. The molecule has 12 heavy (non-hydrogen) atoms. The maximum absolute atomic E-state index is 10.1. The number of hydrazine groups is 1. The number of amides is 1. The Bertz CT molecular complexity index is 128. The lowest BCUT2D eigenvalue weighted by Crippen LogP contribution is -2.43. The largest absolute Gasteiger partial charge is 0.464 e. The molecule has 0 aliphatic carbocycles. The lowest BCUT2D eigenvalue weighted by molar-refractivity contribution is 0.185. The Morgan fingerprint density at radius 2 is 2.17 bits per heavy atom. The number of unbranched alkanes of at least 4 members (excludes halogenated alkanes) is 1. The zero-order valence-corrected chi connectivity index (χ0v) is 7.76. The highest BCUT2D eigenvalue weighted by atomic mass is 16.4.